The SMILES string of the molecule is Cc1nccn1CCN(C)c1cc([C@H]2CCOC2)nc(NCCO)n1. The van der Waals surface area contributed by atoms with Crippen LogP contribution in [0.25, 0.3) is 0 Å². The second-order valence-electron chi connectivity index (χ2n) is 6.27. The van der Waals surface area contributed by atoms with Crippen molar-refractivity contribution in [3.8, 4) is 0 Å². The van der Waals surface area contributed by atoms with E-state index in [9.17, 15) is 0 Å². The van der Waals surface area contributed by atoms with E-state index in [1.54, 1.807) is 0 Å². The molecule has 2 aromatic heterocycles. The monoisotopic (exact) mass is 346 g/mol. The number of aryl methyl sites for hydroxylation is 1. The third-order valence-corrected chi connectivity index (χ3v) is 4.47. The Labute approximate surface area is 147 Å². The molecule has 1 fully saturated rings. The van der Waals surface area contributed by atoms with Gasteiger partial charge in [0.15, 0.2) is 0 Å². The summed E-state index contributed by atoms with van der Waals surface area (Å²) in [7, 11) is 2.03. The summed E-state index contributed by atoms with van der Waals surface area (Å²) in [5, 5.41) is 12.1. The lowest BCUT2D eigenvalue weighted by atomic mass is 10.0. The van der Waals surface area contributed by atoms with Crippen molar-refractivity contribution >= 4 is 11.8 Å². The van der Waals surface area contributed by atoms with Crippen LogP contribution < -0.4 is 10.2 Å². The van der Waals surface area contributed by atoms with Crippen molar-refractivity contribution in [3.05, 3.63) is 30.0 Å². The van der Waals surface area contributed by atoms with Crippen LogP contribution >= 0.6 is 0 Å². The Balaban J connectivity index is 1.75. The van der Waals surface area contributed by atoms with E-state index >= 15 is 0 Å². The molecular weight excluding hydrogens is 320 g/mol. The van der Waals surface area contributed by atoms with E-state index in [-0.39, 0.29) is 6.61 Å². The van der Waals surface area contributed by atoms with E-state index in [1.807, 2.05) is 32.4 Å². The maximum atomic E-state index is 9.05. The van der Waals surface area contributed by atoms with Gasteiger partial charge in [-0.1, -0.05) is 0 Å². The molecule has 2 N–H and O–H groups in total. The normalized spacial score (nSPS) is 17.0. The van der Waals surface area contributed by atoms with E-state index in [0.717, 1.165) is 43.5 Å². The van der Waals surface area contributed by atoms with E-state index in [0.29, 0.717) is 25.0 Å². The summed E-state index contributed by atoms with van der Waals surface area (Å²) in [6.07, 6.45) is 4.78. The van der Waals surface area contributed by atoms with Crippen LogP contribution in [0, 0.1) is 6.92 Å². The molecule has 0 spiro atoms. The third kappa shape index (κ3) is 4.46. The van der Waals surface area contributed by atoms with Crippen molar-refractivity contribution in [1.82, 2.24) is 19.5 Å². The number of aromatic nitrogens is 4. The molecule has 136 valence electrons. The molecule has 1 saturated heterocycles. The van der Waals surface area contributed by atoms with Crippen molar-refractivity contribution in [2.75, 3.05) is 50.2 Å². The number of nitrogens with one attached hydrogen (secondary N) is 1. The molecule has 0 aliphatic carbocycles. The van der Waals surface area contributed by atoms with E-state index in [2.05, 4.69) is 29.7 Å². The van der Waals surface area contributed by atoms with Gasteiger partial charge in [-0.2, -0.15) is 4.98 Å². The number of likely N-dealkylation sites (N-methyl/N-ethyl adjacent to an activating group) is 1. The molecule has 0 unspecified atom stereocenters. The van der Waals surface area contributed by atoms with Crippen LogP contribution in [0.2, 0.25) is 0 Å². The molecule has 8 nitrogen and oxygen atoms in total. The Bertz CT molecular complexity index is 684. The summed E-state index contributed by atoms with van der Waals surface area (Å²) in [6.45, 7) is 5.61. The maximum Gasteiger partial charge on any atom is 0.224 e. The fraction of sp³-hybridized carbons (Fsp3) is 0.588. The minimum Gasteiger partial charge on any atom is -0.395 e. The average molecular weight is 346 g/mol. The van der Waals surface area contributed by atoms with Gasteiger partial charge in [-0.3, -0.25) is 0 Å². The first kappa shape index (κ1) is 17.6. The molecule has 0 saturated carbocycles. The van der Waals surface area contributed by atoms with Gasteiger partial charge in [0.1, 0.15) is 11.6 Å². The highest BCUT2D eigenvalue weighted by molar-refractivity contribution is 5.45. The van der Waals surface area contributed by atoms with Crippen molar-refractivity contribution in [3.63, 3.8) is 0 Å². The number of aliphatic hydroxyl groups is 1. The van der Waals surface area contributed by atoms with E-state index < -0.39 is 0 Å². The Morgan fingerprint density at radius 1 is 1.44 bits per heavy atom. The fourth-order valence-electron chi connectivity index (χ4n) is 2.88. The molecule has 2 aromatic rings. The molecule has 1 aliphatic heterocycles. The topological polar surface area (TPSA) is 88.3 Å². The van der Waals surface area contributed by atoms with E-state index in [4.69, 9.17) is 9.84 Å². The fourth-order valence-corrected chi connectivity index (χ4v) is 2.88. The smallest absolute Gasteiger partial charge is 0.224 e. The Morgan fingerprint density at radius 3 is 3.00 bits per heavy atom. The highest BCUT2D eigenvalue weighted by Crippen LogP contribution is 2.27. The number of ether oxygens (including phenoxy) is 1. The number of hydrogen-bond donors (Lipinski definition) is 2. The number of aliphatic hydroxyl groups excluding tert-OH is 1. The number of anilines is 2. The first-order valence-electron chi connectivity index (χ1n) is 8.67. The van der Waals surface area contributed by atoms with Crippen LogP contribution in [0.4, 0.5) is 11.8 Å². The lowest BCUT2D eigenvalue weighted by Crippen LogP contribution is -2.25. The zero-order chi connectivity index (χ0) is 17.6. The Hall–Kier alpha value is -2.19. The van der Waals surface area contributed by atoms with Gasteiger partial charge in [0.25, 0.3) is 0 Å². The second-order valence-corrected chi connectivity index (χ2v) is 6.27. The van der Waals surface area contributed by atoms with Crippen molar-refractivity contribution in [2.45, 2.75) is 25.8 Å². The highest BCUT2D eigenvalue weighted by atomic mass is 16.5. The zero-order valence-electron chi connectivity index (χ0n) is 14.9. The van der Waals surface area contributed by atoms with Crippen LogP contribution in [0.3, 0.4) is 0 Å². The predicted octanol–water partition coefficient (Wildman–Crippen LogP) is 1.03. The van der Waals surface area contributed by atoms with Gasteiger partial charge in [0, 0.05) is 57.7 Å². The van der Waals surface area contributed by atoms with Crippen LogP contribution in [-0.2, 0) is 11.3 Å². The largest absolute Gasteiger partial charge is 0.395 e. The van der Waals surface area contributed by atoms with Gasteiger partial charge in [0.2, 0.25) is 5.95 Å². The Kier molecular flexibility index (Phi) is 5.83. The minimum atomic E-state index is 0.0468. The number of rotatable bonds is 8. The molecule has 8 heteroatoms. The molecule has 0 radical (unpaired) electrons. The highest BCUT2D eigenvalue weighted by Gasteiger charge is 2.21. The predicted molar refractivity (Wildman–Crippen MR) is 96.0 cm³/mol. The summed E-state index contributed by atoms with van der Waals surface area (Å²) in [5.74, 6) is 2.74. The number of nitrogens with zero attached hydrogens (tertiary/aromatic N) is 5. The van der Waals surface area contributed by atoms with Gasteiger partial charge >= 0.3 is 0 Å². The van der Waals surface area contributed by atoms with Gasteiger partial charge in [0.05, 0.1) is 18.9 Å². The zero-order valence-corrected chi connectivity index (χ0v) is 14.9. The Morgan fingerprint density at radius 2 is 2.32 bits per heavy atom. The molecule has 1 atom stereocenters. The molecule has 3 heterocycles. The van der Waals surface area contributed by atoms with Gasteiger partial charge in [-0.25, -0.2) is 9.97 Å². The molecule has 1 aliphatic rings. The van der Waals surface area contributed by atoms with Gasteiger partial charge < -0.3 is 24.6 Å². The standard InChI is InChI=1S/C17H26N6O2/c1-13-18-4-6-23(13)8-7-22(2)16-11-15(14-3-10-25-12-14)20-17(21-16)19-5-9-24/h4,6,11,14,24H,3,5,7-10,12H2,1-2H3,(H,19,20,21)/t14-/m0/s1. The van der Waals surface area contributed by atoms with Gasteiger partial charge in [-0.05, 0) is 13.3 Å². The summed E-state index contributed by atoms with van der Waals surface area (Å²) < 4.78 is 7.62. The lowest BCUT2D eigenvalue weighted by molar-refractivity contribution is 0.193. The maximum absolute atomic E-state index is 9.05. The first-order chi connectivity index (χ1) is 12.2. The molecule has 3 rings (SSSR count). The van der Waals surface area contributed by atoms with Crippen LogP contribution in [0.1, 0.15) is 23.9 Å². The average Bonchev–Trinajstić information content (AvgIpc) is 3.29. The quantitative estimate of drug-likeness (QED) is 0.738. The minimum absolute atomic E-state index is 0.0468. The summed E-state index contributed by atoms with van der Waals surface area (Å²) in [5.41, 5.74) is 0.994. The van der Waals surface area contributed by atoms with Crippen molar-refractivity contribution in [1.29, 1.82) is 0 Å². The second kappa shape index (κ2) is 8.26. The first-order valence-corrected chi connectivity index (χ1v) is 8.67. The molecule has 0 amide bonds. The summed E-state index contributed by atoms with van der Waals surface area (Å²) >= 11 is 0. The van der Waals surface area contributed by atoms with Crippen molar-refractivity contribution in [2.24, 2.45) is 0 Å². The van der Waals surface area contributed by atoms with Crippen LogP contribution in [0.5, 0.6) is 0 Å². The summed E-state index contributed by atoms with van der Waals surface area (Å²) in [4.78, 5) is 15.6. The third-order valence-electron chi connectivity index (χ3n) is 4.47. The van der Waals surface area contributed by atoms with E-state index in [1.165, 1.54) is 0 Å². The van der Waals surface area contributed by atoms with Crippen molar-refractivity contribution < 1.29 is 9.84 Å². The molecule has 0 bridgehead atoms. The molecular formula is C17H26N6O2. The molecule has 0 aromatic carbocycles. The lowest BCUT2D eigenvalue weighted by Gasteiger charge is -2.21. The number of hydrogen-bond acceptors (Lipinski definition) is 7. The van der Waals surface area contributed by atoms with Crippen LogP contribution in [-0.4, -0.2) is 64.6 Å². The number of imidazole rings is 1. The van der Waals surface area contributed by atoms with Gasteiger partial charge in [-0.15, -0.1) is 0 Å². The summed E-state index contributed by atoms with van der Waals surface area (Å²) in [6, 6.07) is 2.05. The molecule has 25 heavy (non-hydrogen) atoms. The van der Waals surface area contributed by atoms with Crippen LogP contribution in [0.15, 0.2) is 18.5 Å².